The minimum absolute atomic E-state index is 0.232. The molecule has 2 amide bonds. The number of nitrogens with zero attached hydrogens (tertiary/aromatic N) is 1. The van der Waals surface area contributed by atoms with E-state index in [1.165, 1.54) is 4.90 Å². The number of nitrogens with one attached hydrogen (secondary N) is 1. The number of hydrogen-bond donors (Lipinski definition) is 1. The number of carbonyl (C=O) groups is 2. The second-order valence-corrected chi connectivity index (χ2v) is 6.70. The standard InChI is InChI=1S/C23H20N2O4/c1-15-22(26)24-20-10-6-9-19(21(20)28-15)23(27)25(2)16-11-13-18(14-12-16)29-17-7-4-3-5-8-17/h3-15H,1-2H3,(H,24,26). The van der Waals surface area contributed by atoms with Gasteiger partial charge in [0.05, 0.1) is 11.3 Å². The Morgan fingerprint density at radius 1 is 0.966 bits per heavy atom. The third-order valence-electron chi connectivity index (χ3n) is 4.67. The van der Waals surface area contributed by atoms with Crippen molar-refractivity contribution < 1.29 is 19.1 Å². The second kappa shape index (κ2) is 7.67. The van der Waals surface area contributed by atoms with E-state index in [4.69, 9.17) is 9.47 Å². The average Bonchev–Trinajstić information content (AvgIpc) is 2.74. The first-order valence-electron chi connectivity index (χ1n) is 9.24. The van der Waals surface area contributed by atoms with Crippen LogP contribution in [-0.2, 0) is 4.79 Å². The molecule has 0 aromatic heterocycles. The Labute approximate surface area is 168 Å². The quantitative estimate of drug-likeness (QED) is 0.716. The van der Waals surface area contributed by atoms with Crippen molar-refractivity contribution in [2.75, 3.05) is 17.3 Å². The molecule has 1 unspecified atom stereocenters. The normalized spacial score (nSPS) is 15.0. The SMILES string of the molecule is CC1Oc2c(cccc2C(=O)N(C)c2ccc(Oc3ccccc3)cc2)NC1=O. The number of ether oxygens (including phenoxy) is 2. The highest BCUT2D eigenvalue weighted by atomic mass is 16.5. The number of anilines is 2. The van der Waals surface area contributed by atoms with Crippen molar-refractivity contribution >= 4 is 23.2 Å². The van der Waals surface area contributed by atoms with Crippen molar-refractivity contribution in [1.29, 1.82) is 0 Å². The van der Waals surface area contributed by atoms with Gasteiger partial charge in [0.25, 0.3) is 11.8 Å². The molecule has 0 aliphatic carbocycles. The van der Waals surface area contributed by atoms with Gasteiger partial charge >= 0.3 is 0 Å². The summed E-state index contributed by atoms with van der Waals surface area (Å²) in [6.45, 7) is 1.65. The maximum absolute atomic E-state index is 13.1. The van der Waals surface area contributed by atoms with Crippen LogP contribution in [-0.4, -0.2) is 25.0 Å². The molecular weight excluding hydrogens is 368 g/mol. The zero-order chi connectivity index (χ0) is 20.4. The lowest BCUT2D eigenvalue weighted by atomic mass is 10.1. The molecule has 0 bridgehead atoms. The number of hydrogen-bond acceptors (Lipinski definition) is 4. The first kappa shape index (κ1) is 18.6. The summed E-state index contributed by atoms with van der Waals surface area (Å²) >= 11 is 0. The molecular formula is C23H20N2O4. The van der Waals surface area contributed by atoms with E-state index in [0.717, 1.165) is 5.75 Å². The summed E-state index contributed by atoms with van der Waals surface area (Å²) in [5.74, 6) is 1.35. The van der Waals surface area contributed by atoms with Crippen LogP contribution < -0.4 is 19.7 Å². The predicted octanol–water partition coefficient (Wildman–Crippen LogP) is 4.47. The lowest BCUT2D eigenvalue weighted by Gasteiger charge is -2.26. The number of fused-ring (bicyclic) bond motifs is 1. The molecule has 1 aliphatic rings. The summed E-state index contributed by atoms with van der Waals surface area (Å²) in [7, 11) is 1.69. The highest BCUT2D eigenvalue weighted by molar-refractivity contribution is 6.10. The van der Waals surface area contributed by atoms with E-state index in [1.807, 2.05) is 54.6 Å². The minimum Gasteiger partial charge on any atom is -0.478 e. The van der Waals surface area contributed by atoms with Gasteiger partial charge in [-0.15, -0.1) is 0 Å². The molecule has 0 radical (unpaired) electrons. The maximum Gasteiger partial charge on any atom is 0.265 e. The first-order chi connectivity index (χ1) is 14.0. The van der Waals surface area contributed by atoms with Gasteiger partial charge in [-0.25, -0.2) is 0 Å². The molecule has 1 atom stereocenters. The monoisotopic (exact) mass is 388 g/mol. The van der Waals surface area contributed by atoms with Crippen LogP contribution in [0, 0.1) is 0 Å². The fraction of sp³-hybridized carbons (Fsp3) is 0.130. The molecule has 3 aromatic carbocycles. The molecule has 0 saturated heterocycles. The summed E-state index contributed by atoms with van der Waals surface area (Å²) < 4.78 is 11.5. The predicted molar refractivity (Wildman–Crippen MR) is 111 cm³/mol. The Hall–Kier alpha value is -3.80. The van der Waals surface area contributed by atoms with E-state index in [0.29, 0.717) is 28.4 Å². The molecule has 6 nitrogen and oxygen atoms in total. The van der Waals surface area contributed by atoms with Crippen molar-refractivity contribution in [1.82, 2.24) is 0 Å². The maximum atomic E-state index is 13.1. The lowest BCUT2D eigenvalue weighted by molar-refractivity contribution is -0.122. The average molecular weight is 388 g/mol. The van der Waals surface area contributed by atoms with Crippen LogP contribution in [0.25, 0.3) is 0 Å². The summed E-state index contributed by atoms with van der Waals surface area (Å²) in [6, 6.07) is 21.9. The Morgan fingerprint density at radius 2 is 1.66 bits per heavy atom. The van der Waals surface area contributed by atoms with Gasteiger partial charge in [0.15, 0.2) is 11.9 Å². The Bertz CT molecular complexity index is 1050. The van der Waals surface area contributed by atoms with Gasteiger partial charge in [0.2, 0.25) is 0 Å². The smallest absolute Gasteiger partial charge is 0.265 e. The van der Waals surface area contributed by atoms with Crippen molar-refractivity contribution in [2.45, 2.75) is 13.0 Å². The molecule has 0 fully saturated rings. The number of para-hydroxylation sites is 2. The van der Waals surface area contributed by atoms with Gasteiger partial charge in [-0.05, 0) is 55.5 Å². The molecule has 1 heterocycles. The summed E-state index contributed by atoms with van der Waals surface area (Å²) in [4.78, 5) is 26.4. The first-order valence-corrected chi connectivity index (χ1v) is 9.24. The highest BCUT2D eigenvalue weighted by Crippen LogP contribution is 2.34. The largest absolute Gasteiger partial charge is 0.478 e. The van der Waals surface area contributed by atoms with Crippen molar-refractivity contribution in [3.05, 3.63) is 78.4 Å². The zero-order valence-electron chi connectivity index (χ0n) is 16.1. The number of rotatable bonds is 4. The number of benzene rings is 3. The molecule has 1 aliphatic heterocycles. The third-order valence-corrected chi connectivity index (χ3v) is 4.67. The summed E-state index contributed by atoms with van der Waals surface area (Å²) in [6.07, 6.45) is -0.656. The molecule has 0 saturated carbocycles. The van der Waals surface area contributed by atoms with Crippen LogP contribution in [0.2, 0.25) is 0 Å². The fourth-order valence-corrected chi connectivity index (χ4v) is 3.06. The van der Waals surface area contributed by atoms with E-state index in [2.05, 4.69) is 5.32 Å². The topological polar surface area (TPSA) is 67.9 Å². The van der Waals surface area contributed by atoms with Crippen LogP contribution in [0.1, 0.15) is 17.3 Å². The molecule has 3 aromatic rings. The summed E-state index contributed by atoms with van der Waals surface area (Å²) in [5, 5.41) is 2.76. The van der Waals surface area contributed by atoms with Crippen LogP contribution in [0.3, 0.4) is 0 Å². The van der Waals surface area contributed by atoms with Gasteiger partial charge < -0.3 is 19.7 Å². The number of amides is 2. The Morgan fingerprint density at radius 3 is 2.38 bits per heavy atom. The van der Waals surface area contributed by atoms with Crippen LogP contribution in [0.4, 0.5) is 11.4 Å². The Kier molecular flexibility index (Phi) is 4.91. The van der Waals surface area contributed by atoms with Crippen LogP contribution in [0.5, 0.6) is 17.2 Å². The van der Waals surface area contributed by atoms with Crippen molar-refractivity contribution in [3.63, 3.8) is 0 Å². The zero-order valence-corrected chi connectivity index (χ0v) is 16.1. The lowest BCUT2D eigenvalue weighted by Crippen LogP contribution is -2.36. The highest BCUT2D eigenvalue weighted by Gasteiger charge is 2.28. The van der Waals surface area contributed by atoms with E-state index < -0.39 is 6.10 Å². The van der Waals surface area contributed by atoms with Gasteiger partial charge in [-0.3, -0.25) is 9.59 Å². The van der Waals surface area contributed by atoms with Crippen LogP contribution >= 0.6 is 0 Å². The molecule has 146 valence electrons. The molecule has 6 heteroatoms. The second-order valence-electron chi connectivity index (χ2n) is 6.70. The van der Waals surface area contributed by atoms with Gasteiger partial charge in [-0.1, -0.05) is 24.3 Å². The van der Waals surface area contributed by atoms with E-state index >= 15 is 0 Å². The van der Waals surface area contributed by atoms with Gasteiger partial charge in [0, 0.05) is 12.7 Å². The molecule has 29 heavy (non-hydrogen) atoms. The fourth-order valence-electron chi connectivity index (χ4n) is 3.06. The summed E-state index contributed by atoms with van der Waals surface area (Å²) in [5.41, 5.74) is 1.60. The molecule has 4 rings (SSSR count). The van der Waals surface area contributed by atoms with Crippen LogP contribution in [0.15, 0.2) is 72.8 Å². The minimum atomic E-state index is -0.656. The number of carbonyl (C=O) groups excluding carboxylic acids is 2. The third kappa shape index (κ3) is 3.78. The van der Waals surface area contributed by atoms with E-state index in [-0.39, 0.29) is 11.8 Å². The molecule has 0 spiro atoms. The molecule has 1 N–H and O–H groups in total. The van der Waals surface area contributed by atoms with E-state index in [9.17, 15) is 9.59 Å². The van der Waals surface area contributed by atoms with Gasteiger partial charge in [0.1, 0.15) is 11.5 Å². The van der Waals surface area contributed by atoms with Gasteiger partial charge in [-0.2, -0.15) is 0 Å². The van der Waals surface area contributed by atoms with Crippen molar-refractivity contribution in [2.24, 2.45) is 0 Å². The van der Waals surface area contributed by atoms with E-state index in [1.54, 1.807) is 32.2 Å². The Balaban J connectivity index is 1.54. The van der Waals surface area contributed by atoms with Crippen molar-refractivity contribution in [3.8, 4) is 17.2 Å².